The van der Waals surface area contributed by atoms with Crippen molar-refractivity contribution in [3.63, 3.8) is 0 Å². The highest BCUT2D eigenvalue weighted by atomic mass is 35.5. The van der Waals surface area contributed by atoms with Crippen LogP contribution in [0.15, 0.2) is 24.3 Å². The van der Waals surface area contributed by atoms with E-state index in [0.29, 0.717) is 5.82 Å². The lowest BCUT2D eigenvalue weighted by molar-refractivity contribution is 0.414. The number of nitrogens with one attached hydrogen (secondary N) is 1. The fourth-order valence-corrected chi connectivity index (χ4v) is 1.84. The molecule has 0 unspecified atom stereocenters. The van der Waals surface area contributed by atoms with Crippen LogP contribution in [0.25, 0.3) is 0 Å². The number of methoxy groups -OCH3 is 1. The molecule has 1 aromatic heterocycles. The van der Waals surface area contributed by atoms with Crippen LogP contribution in [0, 0.1) is 0 Å². The molecule has 0 amide bonds. The lowest BCUT2D eigenvalue weighted by Crippen LogP contribution is -2.10. The molecule has 2 rings (SSSR count). The molecule has 100 valence electrons. The van der Waals surface area contributed by atoms with Gasteiger partial charge in [-0.3, -0.25) is 0 Å². The molecule has 0 fully saturated rings. The number of hydrogen-bond donors (Lipinski definition) is 1. The van der Waals surface area contributed by atoms with Gasteiger partial charge in [-0.25, -0.2) is 0 Å². The van der Waals surface area contributed by atoms with E-state index in [9.17, 15) is 0 Å². The molecule has 1 atom stereocenters. The van der Waals surface area contributed by atoms with Crippen molar-refractivity contribution in [2.24, 2.45) is 0 Å². The molecule has 0 aliphatic carbocycles. The zero-order valence-electron chi connectivity index (χ0n) is 10.4. The molecular weight excluding hydrogens is 287 g/mol. The topological polar surface area (TPSA) is 59.9 Å². The van der Waals surface area contributed by atoms with Gasteiger partial charge in [-0.15, -0.1) is 10.2 Å². The summed E-state index contributed by atoms with van der Waals surface area (Å²) in [6, 6.07) is 7.68. The third-order valence-corrected chi connectivity index (χ3v) is 3.33. The first kappa shape index (κ1) is 13.8. The molecule has 19 heavy (non-hydrogen) atoms. The zero-order chi connectivity index (χ0) is 13.8. The number of nitrogens with zero attached hydrogens (tertiary/aromatic N) is 3. The van der Waals surface area contributed by atoms with Crippen LogP contribution in [-0.4, -0.2) is 22.5 Å². The summed E-state index contributed by atoms with van der Waals surface area (Å²) >= 11 is 11.8. The summed E-state index contributed by atoms with van der Waals surface area (Å²) < 4.78 is 5.19. The van der Waals surface area contributed by atoms with E-state index >= 15 is 0 Å². The van der Waals surface area contributed by atoms with Crippen LogP contribution in [0.3, 0.4) is 0 Å². The van der Waals surface area contributed by atoms with Crippen molar-refractivity contribution in [2.45, 2.75) is 13.0 Å². The van der Waals surface area contributed by atoms with Gasteiger partial charge in [0.2, 0.25) is 0 Å². The number of benzene rings is 1. The highest BCUT2D eigenvalue weighted by Crippen LogP contribution is 2.28. The Kier molecular flexibility index (Phi) is 4.39. The predicted molar refractivity (Wildman–Crippen MR) is 74.9 cm³/mol. The number of anilines is 1. The molecule has 5 nitrogen and oxygen atoms in total. The van der Waals surface area contributed by atoms with Gasteiger partial charge in [0.25, 0.3) is 0 Å². The van der Waals surface area contributed by atoms with Gasteiger partial charge in [0.1, 0.15) is 10.8 Å². The quantitative estimate of drug-likeness (QED) is 0.938. The van der Waals surface area contributed by atoms with E-state index < -0.39 is 0 Å². The largest absolute Gasteiger partial charge is 0.497 e. The van der Waals surface area contributed by atoms with Crippen molar-refractivity contribution in [2.75, 3.05) is 12.4 Å². The van der Waals surface area contributed by atoms with Gasteiger partial charge in [-0.1, -0.05) is 35.3 Å². The van der Waals surface area contributed by atoms with Gasteiger partial charge in [-0.05, 0) is 29.8 Å². The summed E-state index contributed by atoms with van der Waals surface area (Å²) in [6.07, 6.45) is 0. The smallest absolute Gasteiger partial charge is 0.175 e. The SMILES string of the molecule is COc1cccc([C@@H](C)Nc2nnnc(Cl)c2Cl)c1. The number of halogens is 2. The number of ether oxygens (including phenoxy) is 1. The Morgan fingerprint density at radius 3 is 2.79 bits per heavy atom. The van der Waals surface area contributed by atoms with E-state index in [2.05, 4.69) is 20.7 Å². The Hall–Kier alpha value is -1.59. The van der Waals surface area contributed by atoms with Gasteiger partial charge in [0.05, 0.1) is 13.2 Å². The summed E-state index contributed by atoms with van der Waals surface area (Å²) in [5.41, 5.74) is 1.03. The molecule has 0 bridgehead atoms. The first-order chi connectivity index (χ1) is 9.11. The average Bonchev–Trinajstić information content (AvgIpc) is 2.44. The second kappa shape index (κ2) is 6.04. The Labute approximate surface area is 120 Å². The van der Waals surface area contributed by atoms with Crippen LogP contribution in [-0.2, 0) is 0 Å². The van der Waals surface area contributed by atoms with Crippen molar-refractivity contribution < 1.29 is 4.74 Å². The van der Waals surface area contributed by atoms with Crippen LogP contribution in [0.1, 0.15) is 18.5 Å². The highest BCUT2D eigenvalue weighted by molar-refractivity contribution is 6.42. The standard InChI is InChI=1S/C12H12Cl2N4O/c1-7(8-4-3-5-9(6-8)19-2)15-12-10(13)11(14)16-18-17-12/h3-7H,1-2H3,(H,15,16,17)/t7-/m1/s1. The van der Waals surface area contributed by atoms with Crippen LogP contribution in [0.5, 0.6) is 5.75 Å². The summed E-state index contributed by atoms with van der Waals surface area (Å²) in [5.74, 6) is 1.19. The van der Waals surface area contributed by atoms with Crippen LogP contribution in [0.4, 0.5) is 5.82 Å². The van der Waals surface area contributed by atoms with Gasteiger partial charge >= 0.3 is 0 Å². The number of hydrogen-bond acceptors (Lipinski definition) is 5. The molecule has 0 saturated heterocycles. The Bertz CT molecular complexity index is 579. The minimum absolute atomic E-state index is 0.0274. The second-order valence-corrected chi connectivity index (χ2v) is 4.62. The molecule has 1 N–H and O–H groups in total. The summed E-state index contributed by atoms with van der Waals surface area (Å²) in [5, 5.41) is 14.4. The summed E-state index contributed by atoms with van der Waals surface area (Å²) in [7, 11) is 1.63. The minimum atomic E-state index is -0.0274. The lowest BCUT2D eigenvalue weighted by Gasteiger charge is -2.16. The first-order valence-corrected chi connectivity index (χ1v) is 6.32. The third-order valence-electron chi connectivity index (χ3n) is 2.61. The van der Waals surface area contributed by atoms with E-state index in [-0.39, 0.29) is 16.2 Å². The third kappa shape index (κ3) is 3.24. The molecule has 7 heteroatoms. The minimum Gasteiger partial charge on any atom is -0.497 e. The normalized spacial score (nSPS) is 12.0. The Morgan fingerprint density at radius 2 is 2.05 bits per heavy atom. The number of rotatable bonds is 4. The fourth-order valence-electron chi connectivity index (χ4n) is 1.58. The van der Waals surface area contributed by atoms with E-state index in [4.69, 9.17) is 27.9 Å². The van der Waals surface area contributed by atoms with Crippen molar-refractivity contribution in [1.82, 2.24) is 15.4 Å². The number of aromatic nitrogens is 3. The van der Waals surface area contributed by atoms with Crippen LogP contribution >= 0.6 is 23.2 Å². The maximum Gasteiger partial charge on any atom is 0.175 e. The average molecular weight is 299 g/mol. The molecule has 2 aromatic rings. The second-order valence-electron chi connectivity index (χ2n) is 3.89. The van der Waals surface area contributed by atoms with Gasteiger partial charge < -0.3 is 10.1 Å². The van der Waals surface area contributed by atoms with E-state index in [1.807, 2.05) is 31.2 Å². The van der Waals surface area contributed by atoms with Crippen molar-refractivity contribution >= 4 is 29.0 Å². The zero-order valence-corrected chi connectivity index (χ0v) is 11.9. The van der Waals surface area contributed by atoms with Gasteiger partial charge in [0, 0.05) is 0 Å². The van der Waals surface area contributed by atoms with E-state index in [0.717, 1.165) is 11.3 Å². The maximum atomic E-state index is 6.00. The van der Waals surface area contributed by atoms with E-state index in [1.165, 1.54) is 0 Å². The summed E-state index contributed by atoms with van der Waals surface area (Å²) in [6.45, 7) is 1.97. The molecule has 1 aromatic carbocycles. The molecule has 0 aliphatic heterocycles. The molecule has 1 heterocycles. The molecule has 0 radical (unpaired) electrons. The van der Waals surface area contributed by atoms with Crippen molar-refractivity contribution in [1.29, 1.82) is 0 Å². The van der Waals surface area contributed by atoms with Crippen molar-refractivity contribution in [3.05, 3.63) is 40.0 Å². The predicted octanol–water partition coefficient (Wildman–Crippen LogP) is 3.36. The molecular formula is C12H12Cl2N4O. The highest BCUT2D eigenvalue weighted by Gasteiger charge is 2.12. The molecule has 0 spiro atoms. The van der Waals surface area contributed by atoms with Crippen LogP contribution < -0.4 is 10.1 Å². The maximum absolute atomic E-state index is 6.00. The fraction of sp³-hybridized carbons (Fsp3) is 0.250. The Balaban J connectivity index is 2.20. The first-order valence-electron chi connectivity index (χ1n) is 5.56. The van der Waals surface area contributed by atoms with Crippen LogP contribution in [0.2, 0.25) is 10.2 Å². The lowest BCUT2D eigenvalue weighted by atomic mass is 10.1. The molecule has 0 aliphatic rings. The monoisotopic (exact) mass is 298 g/mol. The van der Waals surface area contributed by atoms with Gasteiger partial charge in [0.15, 0.2) is 11.0 Å². The Morgan fingerprint density at radius 1 is 1.26 bits per heavy atom. The van der Waals surface area contributed by atoms with Gasteiger partial charge in [-0.2, -0.15) is 0 Å². The van der Waals surface area contributed by atoms with Crippen molar-refractivity contribution in [3.8, 4) is 5.75 Å². The van der Waals surface area contributed by atoms with E-state index in [1.54, 1.807) is 7.11 Å². The summed E-state index contributed by atoms with van der Waals surface area (Å²) in [4.78, 5) is 0. The molecule has 0 saturated carbocycles.